The highest BCUT2D eigenvalue weighted by Crippen LogP contribution is 2.32. The number of carbonyl (C=O) groups is 1. The number of alkyl halides is 3. The van der Waals surface area contributed by atoms with E-state index in [0.717, 1.165) is 5.56 Å². The number of hydrogen-bond donors (Lipinski definition) is 2. The van der Waals surface area contributed by atoms with E-state index >= 15 is 0 Å². The Labute approximate surface area is 178 Å². The molecule has 30 heavy (non-hydrogen) atoms. The van der Waals surface area contributed by atoms with Gasteiger partial charge in [-0.25, -0.2) is 4.98 Å². The summed E-state index contributed by atoms with van der Waals surface area (Å²) in [5.74, 6) is -0.801. The summed E-state index contributed by atoms with van der Waals surface area (Å²) >= 11 is 11.6. The van der Waals surface area contributed by atoms with E-state index in [-0.39, 0.29) is 28.5 Å². The van der Waals surface area contributed by atoms with Gasteiger partial charge >= 0.3 is 6.18 Å². The van der Waals surface area contributed by atoms with Crippen molar-refractivity contribution in [3.8, 4) is 0 Å². The van der Waals surface area contributed by atoms with Crippen LogP contribution >= 0.6 is 23.2 Å². The zero-order valence-electron chi connectivity index (χ0n) is 15.0. The van der Waals surface area contributed by atoms with Crippen molar-refractivity contribution in [3.63, 3.8) is 0 Å². The molecule has 2 aromatic heterocycles. The van der Waals surface area contributed by atoms with Crippen molar-refractivity contribution in [1.82, 2.24) is 15.0 Å². The summed E-state index contributed by atoms with van der Waals surface area (Å²) in [5, 5.41) is 0.235. The second kappa shape index (κ2) is 8.76. The molecule has 0 aliphatic heterocycles. The molecule has 0 radical (unpaired) electrons. The molecule has 3 rings (SSSR count). The van der Waals surface area contributed by atoms with Gasteiger partial charge in [0, 0.05) is 23.5 Å². The predicted octanol–water partition coefficient (Wildman–Crippen LogP) is 4.37. The Morgan fingerprint density at radius 3 is 2.43 bits per heavy atom. The quantitative estimate of drug-likeness (QED) is 0.558. The third-order valence-corrected chi connectivity index (χ3v) is 4.51. The van der Waals surface area contributed by atoms with Crippen molar-refractivity contribution in [2.75, 3.05) is 5.43 Å². The number of carbonyl (C=O) groups excluding carboxylic acids is 1. The van der Waals surface area contributed by atoms with Gasteiger partial charge in [-0.3, -0.25) is 20.4 Å². The lowest BCUT2D eigenvalue weighted by atomic mass is 10.2. The molecule has 0 aliphatic rings. The smallest absolute Gasteiger partial charge is 0.310 e. The molecule has 0 saturated carbocycles. The lowest BCUT2D eigenvalue weighted by Gasteiger charge is -2.12. The van der Waals surface area contributed by atoms with Crippen molar-refractivity contribution in [2.45, 2.75) is 12.7 Å². The van der Waals surface area contributed by atoms with Gasteiger partial charge in [0.25, 0.3) is 11.5 Å². The summed E-state index contributed by atoms with van der Waals surface area (Å²) in [6.45, 7) is 0.219. The maximum atomic E-state index is 12.7. The number of halogens is 5. The molecule has 2 N–H and O–H groups in total. The van der Waals surface area contributed by atoms with Gasteiger partial charge in [-0.15, -0.1) is 0 Å². The lowest BCUT2D eigenvalue weighted by Crippen LogP contribution is -2.31. The highest BCUT2D eigenvalue weighted by molar-refractivity contribution is 6.33. The summed E-state index contributed by atoms with van der Waals surface area (Å²) in [6, 6.07) is 10.1. The Balaban J connectivity index is 1.71. The van der Waals surface area contributed by atoms with Crippen molar-refractivity contribution < 1.29 is 18.0 Å². The van der Waals surface area contributed by atoms with E-state index in [9.17, 15) is 22.8 Å². The Morgan fingerprint density at radius 1 is 1.10 bits per heavy atom. The third kappa shape index (κ3) is 5.31. The van der Waals surface area contributed by atoms with Gasteiger partial charge in [-0.05, 0) is 29.8 Å². The summed E-state index contributed by atoms with van der Waals surface area (Å²) < 4.78 is 39.3. The molecule has 0 saturated heterocycles. The van der Waals surface area contributed by atoms with Crippen LogP contribution in [0.2, 0.25) is 10.0 Å². The highest BCUT2D eigenvalue weighted by atomic mass is 35.5. The van der Waals surface area contributed by atoms with Gasteiger partial charge in [0.15, 0.2) is 5.82 Å². The summed E-state index contributed by atoms with van der Waals surface area (Å²) in [6.07, 6.45) is -2.64. The molecule has 1 amide bonds. The Bertz CT molecular complexity index is 1130. The van der Waals surface area contributed by atoms with Crippen LogP contribution in [-0.4, -0.2) is 15.5 Å². The third-order valence-electron chi connectivity index (χ3n) is 3.97. The number of anilines is 1. The normalized spacial score (nSPS) is 11.2. The maximum absolute atomic E-state index is 12.7. The first kappa shape index (κ1) is 21.7. The van der Waals surface area contributed by atoms with Crippen LogP contribution < -0.4 is 16.4 Å². The van der Waals surface area contributed by atoms with Gasteiger partial charge in [0.1, 0.15) is 0 Å². The molecule has 2 heterocycles. The fraction of sp³-hybridized carbons (Fsp3) is 0.105. The van der Waals surface area contributed by atoms with Gasteiger partial charge in [-0.2, -0.15) is 13.2 Å². The van der Waals surface area contributed by atoms with Crippen LogP contribution in [0.3, 0.4) is 0 Å². The molecule has 0 bridgehead atoms. The Hall–Kier alpha value is -3.04. The van der Waals surface area contributed by atoms with Gasteiger partial charge in [0.2, 0.25) is 0 Å². The average Bonchev–Trinajstić information content (AvgIpc) is 2.69. The number of nitrogens with one attached hydrogen (secondary N) is 2. The first-order valence-electron chi connectivity index (χ1n) is 8.37. The van der Waals surface area contributed by atoms with Crippen LogP contribution in [0.5, 0.6) is 0 Å². The zero-order chi connectivity index (χ0) is 21.9. The predicted molar refractivity (Wildman–Crippen MR) is 107 cm³/mol. The fourth-order valence-electron chi connectivity index (χ4n) is 2.45. The minimum absolute atomic E-state index is 0.138. The summed E-state index contributed by atoms with van der Waals surface area (Å²) in [5.41, 5.74) is 4.26. The number of hydrazine groups is 1. The highest BCUT2D eigenvalue weighted by Gasteiger charge is 2.31. The summed E-state index contributed by atoms with van der Waals surface area (Å²) in [7, 11) is 0. The average molecular weight is 457 g/mol. The van der Waals surface area contributed by atoms with E-state index in [1.54, 1.807) is 24.3 Å². The van der Waals surface area contributed by atoms with Crippen LogP contribution in [-0.2, 0) is 12.7 Å². The Morgan fingerprint density at radius 2 is 1.80 bits per heavy atom. The van der Waals surface area contributed by atoms with Crippen LogP contribution in [0.15, 0.2) is 59.7 Å². The summed E-state index contributed by atoms with van der Waals surface area (Å²) in [4.78, 5) is 28.0. The van der Waals surface area contributed by atoms with E-state index < -0.39 is 17.6 Å². The standard InChI is InChI=1S/C19H13Cl2F3N4O2/c20-14-4-1-11(2-5-14)9-28-10-12(3-6-16(28)29)18(30)27-26-17-15(21)7-13(8-25-17)19(22,23)24/h1-8,10H,9H2,(H,25,26)(H,27,30). The molecule has 0 aliphatic carbocycles. The molecule has 156 valence electrons. The van der Waals surface area contributed by atoms with Gasteiger partial charge in [0.05, 0.1) is 22.7 Å². The van der Waals surface area contributed by atoms with E-state index in [1.807, 2.05) is 0 Å². The van der Waals surface area contributed by atoms with E-state index in [0.29, 0.717) is 17.3 Å². The number of hydrogen-bond acceptors (Lipinski definition) is 4. The van der Waals surface area contributed by atoms with Crippen LogP contribution in [0.25, 0.3) is 0 Å². The van der Waals surface area contributed by atoms with Crippen LogP contribution in [0, 0.1) is 0 Å². The van der Waals surface area contributed by atoms with E-state index in [2.05, 4.69) is 15.8 Å². The molecule has 6 nitrogen and oxygen atoms in total. The number of rotatable bonds is 5. The fourth-order valence-corrected chi connectivity index (χ4v) is 2.79. The molecule has 11 heteroatoms. The largest absolute Gasteiger partial charge is 0.417 e. The first-order chi connectivity index (χ1) is 14.1. The molecule has 0 unspecified atom stereocenters. The minimum Gasteiger partial charge on any atom is -0.310 e. The molecular formula is C19H13Cl2F3N4O2. The molecule has 1 aromatic carbocycles. The number of benzene rings is 1. The Kier molecular flexibility index (Phi) is 6.33. The zero-order valence-corrected chi connectivity index (χ0v) is 16.5. The number of nitrogens with zero attached hydrogens (tertiary/aromatic N) is 2. The number of amides is 1. The molecule has 0 spiro atoms. The lowest BCUT2D eigenvalue weighted by molar-refractivity contribution is -0.137. The van der Waals surface area contributed by atoms with E-state index in [1.165, 1.54) is 22.9 Å². The van der Waals surface area contributed by atoms with Gasteiger partial charge < -0.3 is 4.57 Å². The SMILES string of the molecule is O=C(NNc1ncc(C(F)(F)F)cc1Cl)c1ccc(=O)n(Cc2ccc(Cl)cc2)c1. The minimum atomic E-state index is -4.59. The second-order valence-corrected chi connectivity index (χ2v) is 6.99. The van der Waals surface area contributed by atoms with Crippen molar-refractivity contribution >= 4 is 34.9 Å². The van der Waals surface area contributed by atoms with Crippen molar-refractivity contribution in [1.29, 1.82) is 0 Å². The number of aromatic nitrogens is 2. The first-order valence-corrected chi connectivity index (χ1v) is 9.13. The second-order valence-electron chi connectivity index (χ2n) is 6.14. The topological polar surface area (TPSA) is 76.0 Å². The van der Waals surface area contributed by atoms with Gasteiger partial charge in [-0.1, -0.05) is 35.3 Å². The monoisotopic (exact) mass is 456 g/mol. The van der Waals surface area contributed by atoms with Crippen LogP contribution in [0.1, 0.15) is 21.5 Å². The number of pyridine rings is 2. The molecular weight excluding hydrogens is 444 g/mol. The molecule has 0 atom stereocenters. The van der Waals surface area contributed by atoms with Crippen molar-refractivity contribution in [3.05, 3.63) is 91.9 Å². The maximum Gasteiger partial charge on any atom is 0.417 e. The molecule has 0 fully saturated rings. The van der Waals surface area contributed by atoms with Crippen molar-refractivity contribution in [2.24, 2.45) is 0 Å². The molecule has 3 aromatic rings. The van der Waals surface area contributed by atoms with Crippen LogP contribution in [0.4, 0.5) is 19.0 Å². The van der Waals surface area contributed by atoms with E-state index in [4.69, 9.17) is 23.2 Å².